The molecule has 7 nitrogen and oxygen atoms in total. The molecule has 0 aliphatic carbocycles. The standard InChI is InChI=1S/C18H26N2O5S/c1-18(2,3)25-17(23)20-8-6-13(7-9-20)16(22)24-12-15(21)19-11-14-5-4-10-26-14/h4-5,10,13H,6-9,11-12H2,1-3H3,(H,19,21). The maximum absolute atomic E-state index is 12.1. The molecule has 0 aromatic carbocycles. The zero-order valence-electron chi connectivity index (χ0n) is 15.4. The van der Waals surface area contributed by atoms with Crippen molar-refractivity contribution in [3.63, 3.8) is 0 Å². The Labute approximate surface area is 157 Å². The van der Waals surface area contributed by atoms with Crippen LogP contribution in [0.3, 0.4) is 0 Å². The SMILES string of the molecule is CC(C)(C)OC(=O)N1CCC(C(=O)OCC(=O)NCc2cccs2)CC1. The van der Waals surface area contributed by atoms with Crippen LogP contribution in [0.4, 0.5) is 4.79 Å². The number of amides is 2. The van der Waals surface area contributed by atoms with Crippen molar-refractivity contribution in [1.82, 2.24) is 10.2 Å². The van der Waals surface area contributed by atoms with Crippen LogP contribution < -0.4 is 5.32 Å². The summed E-state index contributed by atoms with van der Waals surface area (Å²) in [7, 11) is 0. The van der Waals surface area contributed by atoms with Crippen molar-refractivity contribution in [3.8, 4) is 0 Å². The van der Waals surface area contributed by atoms with Crippen LogP contribution in [-0.2, 0) is 25.6 Å². The van der Waals surface area contributed by atoms with E-state index in [0.29, 0.717) is 32.5 Å². The first-order valence-electron chi connectivity index (χ1n) is 8.68. The summed E-state index contributed by atoms with van der Waals surface area (Å²) < 4.78 is 10.4. The quantitative estimate of drug-likeness (QED) is 0.791. The van der Waals surface area contributed by atoms with E-state index >= 15 is 0 Å². The number of piperidine rings is 1. The summed E-state index contributed by atoms with van der Waals surface area (Å²) in [4.78, 5) is 38.5. The molecule has 0 saturated carbocycles. The summed E-state index contributed by atoms with van der Waals surface area (Å²) >= 11 is 1.55. The molecule has 1 aromatic heterocycles. The first-order chi connectivity index (χ1) is 12.2. The van der Waals surface area contributed by atoms with E-state index in [-0.39, 0.29) is 30.5 Å². The fraction of sp³-hybridized carbons (Fsp3) is 0.611. The summed E-state index contributed by atoms with van der Waals surface area (Å²) in [6.45, 7) is 6.49. The number of nitrogens with zero attached hydrogens (tertiary/aromatic N) is 1. The zero-order chi connectivity index (χ0) is 19.2. The molecule has 1 saturated heterocycles. The van der Waals surface area contributed by atoms with Gasteiger partial charge in [-0.3, -0.25) is 9.59 Å². The van der Waals surface area contributed by atoms with Crippen LogP contribution in [0.5, 0.6) is 0 Å². The fourth-order valence-corrected chi connectivity index (χ4v) is 3.17. The molecule has 1 N–H and O–H groups in total. The van der Waals surface area contributed by atoms with Gasteiger partial charge in [0, 0.05) is 18.0 Å². The molecule has 1 aliphatic rings. The molecule has 2 rings (SSSR count). The van der Waals surface area contributed by atoms with Crippen molar-refractivity contribution in [2.75, 3.05) is 19.7 Å². The van der Waals surface area contributed by atoms with Gasteiger partial charge in [-0.05, 0) is 45.1 Å². The van der Waals surface area contributed by atoms with Crippen molar-refractivity contribution < 1.29 is 23.9 Å². The Morgan fingerprint density at radius 2 is 1.96 bits per heavy atom. The molecule has 0 atom stereocenters. The minimum atomic E-state index is -0.538. The average Bonchev–Trinajstić information content (AvgIpc) is 3.10. The summed E-state index contributed by atoms with van der Waals surface area (Å²) in [5.41, 5.74) is -0.538. The van der Waals surface area contributed by atoms with Crippen molar-refractivity contribution in [2.45, 2.75) is 45.8 Å². The number of nitrogens with one attached hydrogen (secondary N) is 1. The Hall–Kier alpha value is -2.09. The molecule has 1 aliphatic heterocycles. The lowest BCUT2D eigenvalue weighted by Gasteiger charge is -2.32. The molecule has 0 unspecified atom stereocenters. The smallest absolute Gasteiger partial charge is 0.410 e. The van der Waals surface area contributed by atoms with Crippen molar-refractivity contribution in [2.24, 2.45) is 5.92 Å². The van der Waals surface area contributed by atoms with E-state index < -0.39 is 5.60 Å². The van der Waals surface area contributed by atoms with Crippen LogP contribution in [0, 0.1) is 5.92 Å². The van der Waals surface area contributed by atoms with Gasteiger partial charge >= 0.3 is 12.1 Å². The van der Waals surface area contributed by atoms with E-state index in [2.05, 4.69) is 5.32 Å². The van der Waals surface area contributed by atoms with E-state index in [1.807, 2.05) is 38.3 Å². The van der Waals surface area contributed by atoms with Gasteiger partial charge in [0.15, 0.2) is 6.61 Å². The number of hydrogen-bond donors (Lipinski definition) is 1. The molecule has 0 spiro atoms. The van der Waals surface area contributed by atoms with Crippen LogP contribution >= 0.6 is 11.3 Å². The number of carbonyl (C=O) groups is 3. The van der Waals surface area contributed by atoms with Crippen LogP contribution in [0.25, 0.3) is 0 Å². The third-order valence-electron chi connectivity index (χ3n) is 3.87. The highest BCUT2D eigenvalue weighted by atomic mass is 32.1. The van der Waals surface area contributed by atoms with Crippen LogP contribution in [-0.4, -0.2) is 48.2 Å². The minimum absolute atomic E-state index is 0.281. The number of ether oxygens (including phenoxy) is 2. The van der Waals surface area contributed by atoms with Crippen molar-refractivity contribution in [3.05, 3.63) is 22.4 Å². The highest BCUT2D eigenvalue weighted by Crippen LogP contribution is 2.20. The molecule has 0 radical (unpaired) electrons. The van der Waals surface area contributed by atoms with Gasteiger partial charge in [0.2, 0.25) is 0 Å². The van der Waals surface area contributed by atoms with Crippen LogP contribution in [0.15, 0.2) is 17.5 Å². The van der Waals surface area contributed by atoms with Gasteiger partial charge in [-0.15, -0.1) is 11.3 Å². The predicted octanol–water partition coefficient (Wildman–Crippen LogP) is 2.55. The average molecular weight is 382 g/mol. The lowest BCUT2D eigenvalue weighted by molar-refractivity contribution is -0.154. The van der Waals surface area contributed by atoms with Gasteiger partial charge < -0.3 is 19.7 Å². The normalized spacial score (nSPS) is 15.4. The second-order valence-corrected chi connectivity index (χ2v) is 8.24. The maximum Gasteiger partial charge on any atom is 0.410 e. The molecule has 1 fully saturated rings. The second-order valence-electron chi connectivity index (χ2n) is 7.21. The Morgan fingerprint density at radius 3 is 2.54 bits per heavy atom. The lowest BCUT2D eigenvalue weighted by Crippen LogP contribution is -2.43. The first kappa shape index (κ1) is 20.2. The van der Waals surface area contributed by atoms with Crippen molar-refractivity contribution >= 4 is 29.3 Å². The zero-order valence-corrected chi connectivity index (χ0v) is 16.3. The third-order valence-corrected chi connectivity index (χ3v) is 4.74. The lowest BCUT2D eigenvalue weighted by atomic mass is 9.97. The molecule has 26 heavy (non-hydrogen) atoms. The molecule has 2 heterocycles. The molecule has 144 valence electrons. The first-order valence-corrected chi connectivity index (χ1v) is 9.56. The van der Waals surface area contributed by atoms with Gasteiger partial charge in [0.1, 0.15) is 5.60 Å². The van der Waals surface area contributed by atoms with Gasteiger partial charge in [0.05, 0.1) is 12.5 Å². The highest BCUT2D eigenvalue weighted by Gasteiger charge is 2.30. The van der Waals surface area contributed by atoms with Crippen LogP contribution in [0.2, 0.25) is 0 Å². The fourth-order valence-electron chi connectivity index (χ4n) is 2.53. The van der Waals surface area contributed by atoms with Crippen molar-refractivity contribution in [1.29, 1.82) is 0 Å². The monoisotopic (exact) mass is 382 g/mol. The number of esters is 1. The topological polar surface area (TPSA) is 84.9 Å². The Bertz CT molecular complexity index is 616. The number of likely N-dealkylation sites (tertiary alicyclic amines) is 1. The molecular formula is C18H26N2O5S. The van der Waals surface area contributed by atoms with Gasteiger partial charge in [-0.2, -0.15) is 0 Å². The number of rotatable bonds is 5. The highest BCUT2D eigenvalue weighted by molar-refractivity contribution is 7.09. The molecule has 0 bridgehead atoms. The largest absolute Gasteiger partial charge is 0.455 e. The van der Waals surface area contributed by atoms with Gasteiger partial charge in [-0.1, -0.05) is 6.07 Å². The van der Waals surface area contributed by atoms with E-state index in [1.165, 1.54) is 0 Å². The summed E-state index contributed by atoms with van der Waals surface area (Å²) in [6, 6.07) is 3.84. The Morgan fingerprint density at radius 1 is 1.27 bits per heavy atom. The molecule has 8 heteroatoms. The van der Waals surface area contributed by atoms with E-state index in [9.17, 15) is 14.4 Å². The minimum Gasteiger partial charge on any atom is -0.455 e. The molecular weight excluding hydrogens is 356 g/mol. The molecule has 1 aromatic rings. The maximum atomic E-state index is 12.1. The second kappa shape index (κ2) is 9.02. The number of thiophene rings is 1. The third kappa shape index (κ3) is 6.67. The summed E-state index contributed by atoms with van der Waals surface area (Å²) in [5, 5.41) is 4.65. The number of carbonyl (C=O) groups excluding carboxylic acids is 3. The Kier molecular flexibility index (Phi) is 7.02. The van der Waals surface area contributed by atoms with E-state index in [0.717, 1.165) is 4.88 Å². The van der Waals surface area contributed by atoms with Gasteiger partial charge in [-0.25, -0.2) is 4.79 Å². The van der Waals surface area contributed by atoms with Crippen LogP contribution in [0.1, 0.15) is 38.5 Å². The number of hydrogen-bond acceptors (Lipinski definition) is 6. The Balaban J connectivity index is 1.66. The summed E-state index contributed by atoms with van der Waals surface area (Å²) in [6.07, 6.45) is 0.654. The summed E-state index contributed by atoms with van der Waals surface area (Å²) in [5.74, 6) is -1.00. The van der Waals surface area contributed by atoms with E-state index in [1.54, 1.807) is 16.2 Å². The predicted molar refractivity (Wildman–Crippen MR) is 97.7 cm³/mol. The van der Waals surface area contributed by atoms with Gasteiger partial charge in [0.25, 0.3) is 5.91 Å². The molecule has 2 amide bonds. The van der Waals surface area contributed by atoms with E-state index in [4.69, 9.17) is 9.47 Å².